The third kappa shape index (κ3) is 3.82. The lowest BCUT2D eigenvalue weighted by molar-refractivity contribution is -0.992. The second-order valence-corrected chi connectivity index (χ2v) is 8.63. The van der Waals surface area contributed by atoms with E-state index in [1.165, 1.54) is 13.3 Å². The van der Waals surface area contributed by atoms with E-state index in [0.29, 0.717) is 28.1 Å². The molecule has 4 heterocycles. The number of carbonyl (C=O) groups is 2. The summed E-state index contributed by atoms with van der Waals surface area (Å²) in [6.45, 7) is 0. The highest BCUT2D eigenvalue weighted by Gasteiger charge is 2.43. The number of nitrogens with two attached hydrogens (primary N) is 1. The molecule has 0 spiro atoms. The monoisotopic (exact) mass is 450 g/mol. The fourth-order valence-corrected chi connectivity index (χ4v) is 5.20. The van der Waals surface area contributed by atoms with Crippen LogP contribution in [0.4, 0.5) is 11.4 Å². The molecule has 33 heavy (non-hydrogen) atoms. The van der Waals surface area contributed by atoms with E-state index >= 15 is 0 Å². The minimum atomic E-state index is -0.529. The van der Waals surface area contributed by atoms with Crippen LogP contribution in [0.3, 0.4) is 0 Å². The third-order valence-corrected chi connectivity index (χ3v) is 6.72. The molecule has 10 nitrogen and oxygen atoms in total. The van der Waals surface area contributed by atoms with Crippen molar-refractivity contribution in [2.75, 3.05) is 12.4 Å². The number of amides is 2. The molecule has 2 aromatic heterocycles. The zero-order valence-corrected chi connectivity index (χ0v) is 18.2. The normalized spacial score (nSPS) is 23.0. The topological polar surface area (TPSA) is 141 Å². The second kappa shape index (κ2) is 8.47. The Morgan fingerprint density at radius 2 is 1.91 bits per heavy atom. The molecule has 3 aromatic rings. The van der Waals surface area contributed by atoms with Crippen LogP contribution in [0.25, 0.3) is 11.0 Å². The number of nitrogens with one attached hydrogen (secondary N) is 3. The van der Waals surface area contributed by atoms with Crippen molar-refractivity contribution in [3.8, 4) is 0 Å². The summed E-state index contributed by atoms with van der Waals surface area (Å²) in [6, 6.07) is 8.78. The molecule has 0 aliphatic carbocycles. The van der Waals surface area contributed by atoms with Gasteiger partial charge in [0.2, 0.25) is 0 Å². The molecule has 5 rings (SSSR count). The third-order valence-electron chi connectivity index (χ3n) is 6.72. The molecule has 2 fully saturated rings. The number of piperidine rings is 1. The molecule has 0 radical (unpaired) electrons. The largest absolute Gasteiger partial charge is 0.595 e. The van der Waals surface area contributed by atoms with Gasteiger partial charge in [-0.05, 0) is 43.9 Å². The van der Waals surface area contributed by atoms with Crippen LogP contribution in [0, 0.1) is 5.21 Å². The Bertz CT molecular complexity index is 1180. The first-order chi connectivity index (χ1) is 16.0. The van der Waals surface area contributed by atoms with Gasteiger partial charge in [-0.1, -0.05) is 0 Å². The molecule has 0 saturated carbocycles. The van der Waals surface area contributed by atoms with Crippen molar-refractivity contribution in [2.24, 2.45) is 5.73 Å². The molecule has 172 valence electrons. The number of aromatic nitrogens is 2. The van der Waals surface area contributed by atoms with E-state index in [9.17, 15) is 14.8 Å². The fraction of sp³-hybridized carbons (Fsp3) is 0.348. The van der Waals surface area contributed by atoms with E-state index < -0.39 is 11.1 Å². The van der Waals surface area contributed by atoms with Crippen molar-refractivity contribution in [1.82, 2.24) is 14.9 Å². The SMILES string of the molecule is CO[NH+]([O-])c1ccc(C(=O)N2[C@@H]3CC[C@H]2CC(Nc2c(C(N)=O)cnc4[nH]ccc24)C3)cc1. The second-order valence-electron chi connectivity index (χ2n) is 8.63. The minimum absolute atomic E-state index is 0.0212. The van der Waals surface area contributed by atoms with Gasteiger partial charge in [0.1, 0.15) is 5.65 Å². The van der Waals surface area contributed by atoms with Gasteiger partial charge in [0.05, 0.1) is 18.4 Å². The van der Waals surface area contributed by atoms with Gasteiger partial charge in [-0.2, -0.15) is 5.23 Å². The van der Waals surface area contributed by atoms with Crippen molar-refractivity contribution in [3.63, 3.8) is 0 Å². The Morgan fingerprint density at radius 1 is 1.21 bits per heavy atom. The summed E-state index contributed by atoms with van der Waals surface area (Å²) in [5.74, 6) is -0.550. The number of fused-ring (bicyclic) bond motifs is 3. The Labute approximate surface area is 190 Å². The van der Waals surface area contributed by atoms with E-state index in [1.54, 1.807) is 30.5 Å². The standard InChI is InChI=1S/C23H26N6O4/c1-33-29(32)15-4-2-13(3-5-15)23(31)28-16-6-7-17(28)11-14(10-16)27-20-18-8-9-25-22(18)26-12-19(20)21(24)30/h2-5,8-9,12,14,16-17,29H,6-7,10-11H2,1H3,(H2,24,30)(H2,25,26,27)/t14?,16-,17+. The summed E-state index contributed by atoms with van der Waals surface area (Å²) in [5, 5.41) is 15.6. The maximum atomic E-state index is 13.3. The van der Waals surface area contributed by atoms with E-state index in [4.69, 9.17) is 10.6 Å². The van der Waals surface area contributed by atoms with Crippen LogP contribution in [0.5, 0.6) is 0 Å². The first kappa shape index (κ1) is 21.4. The van der Waals surface area contributed by atoms with Gasteiger partial charge >= 0.3 is 0 Å². The van der Waals surface area contributed by atoms with Crippen LogP contribution < -0.4 is 16.3 Å². The predicted octanol–water partition coefficient (Wildman–Crippen LogP) is 1.49. The zero-order chi connectivity index (χ0) is 23.1. The molecular weight excluding hydrogens is 424 g/mol. The first-order valence-electron chi connectivity index (χ1n) is 11.0. The van der Waals surface area contributed by atoms with Crippen molar-refractivity contribution in [2.45, 2.75) is 43.8 Å². The smallest absolute Gasteiger partial charge is 0.254 e. The number of hydrogen-bond donors (Lipinski definition) is 4. The molecule has 2 saturated heterocycles. The van der Waals surface area contributed by atoms with Crippen LogP contribution in [0.15, 0.2) is 42.7 Å². The molecule has 4 atom stereocenters. The van der Waals surface area contributed by atoms with Gasteiger partial charge in [-0.25, -0.2) is 9.82 Å². The molecule has 2 amide bonds. The molecule has 2 bridgehead atoms. The number of benzene rings is 1. The maximum Gasteiger partial charge on any atom is 0.254 e. The minimum Gasteiger partial charge on any atom is -0.595 e. The number of quaternary nitrogens is 1. The number of rotatable bonds is 6. The van der Waals surface area contributed by atoms with Gasteiger partial charge < -0.3 is 26.1 Å². The quantitative estimate of drug-likeness (QED) is 0.419. The number of primary amides is 1. The average Bonchev–Trinajstić information content (AvgIpc) is 3.40. The number of nitrogens with zero attached hydrogens (tertiary/aromatic N) is 2. The number of hydrogen-bond acceptors (Lipinski definition) is 6. The maximum absolute atomic E-state index is 13.3. The van der Waals surface area contributed by atoms with Gasteiger partial charge in [-0.3, -0.25) is 9.59 Å². The number of carbonyl (C=O) groups excluding carboxylic acids is 2. The van der Waals surface area contributed by atoms with Crippen LogP contribution in [-0.4, -0.2) is 51.9 Å². The Balaban J connectivity index is 1.34. The number of anilines is 1. The van der Waals surface area contributed by atoms with Crippen LogP contribution >= 0.6 is 0 Å². The lowest BCUT2D eigenvalue weighted by Gasteiger charge is -2.40. The number of aromatic amines is 1. The summed E-state index contributed by atoms with van der Waals surface area (Å²) >= 11 is 0. The lowest BCUT2D eigenvalue weighted by Crippen LogP contribution is -3.00. The van der Waals surface area contributed by atoms with E-state index in [0.717, 1.165) is 31.1 Å². The summed E-state index contributed by atoms with van der Waals surface area (Å²) in [5.41, 5.74) is 8.31. The summed E-state index contributed by atoms with van der Waals surface area (Å²) in [4.78, 5) is 39.3. The Kier molecular flexibility index (Phi) is 5.49. The summed E-state index contributed by atoms with van der Waals surface area (Å²) in [6.07, 6.45) is 6.70. The van der Waals surface area contributed by atoms with Gasteiger partial charge in [0.25, 0.3) is 11.8 Å². The van der Waals surface area contributed by atoms with Gasteiger partial charge in [-0.15, -0.1) is 0 Å². The average molecular weight is 450 g/mol. The highest BCUT2D eigenvalue weighted by Crippen LogP contribution is 2.39. The van der Waals surface area contributed by atoms with Crippen molar-refractivity contribution < 1.29 is 19.7 Å². The van der Waals surface area contributed by atoms with Crippen molar-refractivity contribution in [3.05, 3.63) is 59.1 Å². The molecule has 2 aliphatic heterocycles. The molecule has 10 heteroatoms. The van der Waals surface area contributed by atoms with E-state index in [1.807, 2.05) is 11.0 Å². The first-order valence-corrected chi connectivity index (χ1v) is 11.0. The van der Waals surface area contributed by atoms with Crippen LogP contribution in [0.2, 0.25) is 0 Å². The lowest BCUT2D eigenvalue weighted by atomic mass is 9.95. The Hall–Kier alpha value is -3.47. The molecular formula is C23H26N6O4. The molecule has 5 N–H and O–H groups in total. The zero-order valence-electron chi connectivity index (χ0n) is 18.2. The molecule has 2 aliphatic rings. The highest BCUT2D eigenvalue weighted by atomic mass is 16.9. The summed E-state index contributed by atoms with van der Waals surface area (Å²) < 4.78 is 0. The van der Waals surface area contributed by atoms with Crippen molar-refractivity contribution >= 4 is 34.2 Å². The fourth-order valence-electron chi connectivity index (χ4n) is 5.20. The number of pyridine rings is 1. The van der Waals surface area contributed by atoms with Gasteiger partial charge in [0.15, 0.2) is 5.69 Å². The highest BCUT2D eigenvalue weighted by molar-refractivity contribution is 6.06. The van der Waals surface area contributed by atoms with E-state index in [2.05, 4.69) is 15.3 Å². The van der Waals surface area contributed by atoms with Crippen molar-refractivity contribution in [1.29, 1.82) is 0 Å². The van der Waals surface area contributed by atoms with E-state index in [-0.39, 0.29) is 24.0 Å². The predicted molar refractivity (Wildman–Crippen MR) is 122 cm³/mol. The van der Waals surface area contributed by atoms with Crippen LogP contribution in [-0.2, 0) is 4.84 Å². The van der Waals surface area contributed by atoms with Crippen LogP contribution in [0.1, 0.15) is 46.4 Å². The number of H-pyrrole nitrogens is 1. The Morgan fingerprint density at radius 3 is 2.55 bits per heavy atom. The molecule has 1 aromatic carbocycles. The summed E-state index contributed by atoms with van der Waals surface area (Å²) in [7, 11) is 1.33. The van der Waals surface area contributed by atoms with Gasteiger partial charge in [0, 0.05) is 53.6 Å². The molecule has 2 unspecified atom stereocenters.